The molecule has 0 amide bonds. The second-order valence-electron chi connectivity index (χ2n) is 4.36. The minimum atomic E-state index is -3.64. The van der Waals surface area contributed by atoms with E-state index in [1.54, 1.807) is 43.3 Å². The molecule has 20 heavy (non-hydrogen) atoms. The molecule has 0 saturated carbocycles. The summed E-state index contributed by atoms with van der Waals surface area (Å²) in [7, 11) is -3.64. The standard InChI is InChI=1S/C14H14ClNO3S/c1-10(17)11-2-8-14(9-3-11)20(18,19)16-13-6-4-12(15)5-7-13/h2-10,16-17H,1H3. The van der Waals surface area contributed by atoms with Crippen LogP contribution in [0.1, 0.15) is 18.6 Å². The molecule has 106 valence electrons. The zero-order valence-corrected chi connectivity index (χ0v) is 12.3. The highest BCUT2D eigenvalue weighted by Gasteiger charge is 2.14. The van der Waals surface area contributed by atoms with Crippen molar-refractivity contribution in [3.63, 3.8) is 0 Å². The second-order valence-corrected chi connectivity index (χ2v) is 6.48. The lowest BCUT2D eigenvalue weighted by atomic mass is 10.1. The number of hydrogen-bond donors (Lipinski definition) is 2. The summed E-state index contributed by atoms with van der Waals surface area (Å²) in [4.78, 5) is 0.136. The molecule has 2 rings (SSSR count). The molecule has 0 aliphatic heterocycles. The number of rotatable bonds is 4. The van der Waals surface area contributed by atoms with Crippen LogP contribution in [0, 0.1) is 0 Å². The fourth-order valence-corrected chi connectivity index (χ4v) is 2.84. The average molecular weight is 312 g/mol. The van der Waals surface area contributed by atoms with Crippen LogP contribution in [-0.2, 0) is 10.0 Å². The van der Waals surface area contributed by atoms with Crippen molar-refractivity contribution in [1.82, 2.24) is 0 Å². The third-order valence-corrected chi connectivity index (χ3v) is 4.42. The van der Waals surface area contributed by atoms with Gasteiger partial charge in [-0.2, -0.15) is 0 Å². The van der Waals surface area contributed by atoms with Gasteiger partial charge in [0.05, 0.1) is 11.0 Å². The zero-order valence-electron chi connectivity index (χ0n) is 10.7. The van der Waals surface area contributed by atoms with Crippen molar-refractivity contribution in [1.29, 1.82) is 0 Å². The smallest absolute Gasteiger partial charge is 0.261 e. The molecule has 0 spiro atoms. The third-order valence-electron chi connectivity index (χ3n) is 2.77. The highest BCUT2D eigenvalue weighted by molar-refractivity contribution is 7.92. The Labute approximate surface area is 123 Å². The predicted molar refractivity (Wildman–Crippen MR) is 79.3 cm³/mol. The molecule has 0 bridgehead atoms. The fourth-order valence-electron chi connectivity index (χ4n) is 1.66. The molecule has 0 radical (unpaired) electrons. The molecule has 0 saturated heterocycles. The van der Waals surface area contributed by atoms with E-state index >= 15 is 0 Å². The van der Waals surface area contributed by atoms with Gasteiger partial charge in [0.1, 0.15) is 0 Å². The van der Waals surface area contributed by atoms with E-state index in [0.29, 0.717) is 16.3 Å². The maximum atomic E-state index is 12.2. The topological polar surface area (TPSA) is 66.4 Å². The van der Waals surface area contributed by atoms with E-state index in [-0.39, 0.29) is 4.90 Å². The van der Waals surface area contributed by atoms with Crippen LogP contribution in [0.3, 0.4) is 0 Å². The van der Waals surface area contributed by atoms with Crippen molar-refractivity contribution in [2.45, 2.75) is 17.9 Å². The third kappa shape index (κ3) is 3.50. The van der Waals surface area contributed by atoms with Gasteiger partial charge in [0.2, 0.25) is 0 Å². The van der Waals surface area contributed by atoms with Gasteiger partial charge in [-0.3, -0.25) is 4.72 Å². The minimum absolute atomic E-state index is 0.136. The van der Waals surface area contributed by atoms with Gasteiger partial charge in [0, 0.05) is 10.7 Å². The Morgan fingerprint density at radius 2 is 1.60 bits per heavy atom. The number of sulfonamides is 1. The molecule has 1 atom stereocenters. The fraction of sp³-hybridized carbons (Fsp3) is 0.143. The van der Waals surface area contributed by atoms with Gasteiger partial charge in [-0.1, -0.05) is 23.7 Å². The molecule has 2 N–H and O–H groups in total. The van der Waals surface area contributed by atoms with Crippen LogP contribution in [0.2, 0.25) is 5.02 Å². The number of nitrogens with one attached hydrogen (secondary N) is 1. The van der Waals surface area contributed by atoms with Gasteiger partial charge in [0.25, 0.3) is 10.0 Å². The first kappa shape index (κ1) is 14.8. The lowest BCUT2D eigenvalue weighted by Crippen LogP contribution is -2.12. The number of halogens is 1. The van der Waals surface area contributed by atoms with Crippen LogP contribution in [0.25, 0.3) is 0 Å². The summed E-state index contributed by atoms with van der Waals surface area (Å²) in [5.41, 5.74) is 1.10. The summed E-state index contributed by atoms with van der Waals surface area (Å²) in [6.07, 6.45) is -0.629. The zero-order chi connectivity index (χ0) is 14.8. The normalized spacial score (nSPS) is 12.9. The van der Waals surface area contributed by atoms with E-state index in [0.717, 1.165) is 0 Å². The summed E-state index contributed by atoms with van der Waals surface area (Å²) in [6, 6.07) is 12.5. The molecule has 0 aliphatic rings. The van der Waals surface area contributed by atoms with E-state index in [2.05, 4.69) is 4.72 Å². The first-order chi connectivity index (χ1) is 9.38. The lowest BCUT2D eigenvalue weighted by molar-refractivity contribution is 0.199. The molecule has 2 aromatic rings. The van der Waals surface area contributed by atoms with Crippen LogP contribution < -0.4 is 4.72 Å². The number of anilines is 1. The van der Waals surface area contributed by atoms with Crippen LogP contribution in [0.15, 0.2) is 53.4 Å². The first-order valence-corrected chi connectivity index (χ1v) is 7.81. The Morgan fingerprint density at radius 1 is 1.05 bits per heavy atom. The van der Waals surface area contributed by atoms with Gasteiger partial charge in [-0.15, -0.1) is 0 Å². The molecule has 4 nitrogen and oxygen atoms in total. The molecule has 0 fully saturated rings. The summed E-state index contributed by atoms with van der Waals surface area (Å²) in [5, 5.41) is 9.94. The molecule has 0 heterocycles. The Hall–Kier alpha value is -1.56. The Bertz CT molecular complexity index is 679. The monoisotopic (exact) mass is 311 g/mol. The average Bonchev–Trinajstić information content (AvgIpc) is 2.41. The Balaban J connectivity index is 2.23. The summed E-state index contributed by atoms with van der Waals surface area (Å²) in [6.45, 7) is 1.62. The van der Waals surface area contributed by atoms with Crippen molar-refractivity contribution in [2.75, 3.05) is 4.72 Å². The molecule has 0 aromatic heterocycles. The first-order valence-electron chi connectivity index (χ1n) is 5.95. The summed E-state index contributed by atoms with van der Waals surface area (Å²) < 4.78 is 26.8. The van der Waals surface area contributed by atoms with Crippen LogP contribution in [0.4, 0.5) is 5.69 Å². The van der Waals surface area contributed by atoms with E-state index < -0.39 is 16.1 Å². The van der Waals surface area contributed by atoms with E-state index in [4.69, 9.17) is 11.6 Å². The summed E-state index contributed by atoms with van der Waals surface area (Å²) >= 11 is 5.75. The molecule has 2 aromatic carbocycles. The van der Waals surface area contributed by atoms with Crippen molar-refractivity contribution in [3.8, 4) is 0 Å². The van der Waals surface area contributed by atoms with Gasteiger partial charge >= 0.3 is 0 Å². The van der Waals surface area contributed by atoms with Crippen molar-refractivity contribution in [2.24, 2.45) is 0 Å². The molecule has 1 unspecified atom stereocenters. The van der Waals surface area contributed by atoms with Crippen molar-refractivity contribution >= 4 is 27.3 Å². The van der Waals surface area contributed by atoms with Crippen LogP contribution in [-0.4, -0.2) is 13.5 Å². The number of aliphatic hydroxyl groups is 1. The van der Waals surface area contributed by atoms with Gasteiger partial charge < -0.3 is 5.11 Å². The maximum Gasteiger partial charge on any atom is 0.261 e. The largest absolute Gasteiger partial charge is 0.389 e. The van der Waals surface area contributed by atoms with Crippen molar-refractivity contribution < 1.29 is 13.5 Å². The van der Waals surface area contributed by atoms with Gasteiger partial charge in [0.15, 0.2) is 0 Å². The molecule has 0 aliphatic carbocycles. The quantitative estimate of drug-likeness (QED) is 0.911. The van der Waals surface area contributed by atoms with Gasteiger partial charge in [-0.05, 0) is 48.9 Å². The molecular weight excluding hydrogens is 298 g/mol. The summed E-state index contributed by atoms with van der Waals surface area (Å²) in [5.74, 6) is 0. The van der Waals surface area contributed by atoms with Crippen LogP contribution >= 0.6 is 11.6 Å². The molecule has 6 heteroatoms. The predicted octanol–water partition coefficient (Wildman–Crippen LogP) is 3.19. The molecular formula is C14H14ClNO3S. The Kier molecular flexibility index (Phi) is 4.32. The van der Waals surface area contributed by atoms with E-state index in [9.17, 15) is 13.5 Å². The van der Waals surface area contributed by atoms with E-state index in [1.807, 2.05) is 0 Å². The SMILES string of the molecule is CC(O)c1ccc(S(=O)(=O)Nc2ccc(Cl)cc2)cc1. The van der Waals surface area contributed by atoms with Crippen molar-refractivity contribution in [3.05, 3.63) is 59.1 Å². The highest BCUT2D eigenvalue weighted by atomic mass is 35.5. The second kappa shape index (κ2) is 5.83. The maximum absolute atomic E-state index is 12.2. The number of benzene rings is 2. The Morgan fingerprint density at radius 3 is 2.10 bits per heavy atom. The minimum Gasteiger partial charge on any atom is -0.389 e. The number of hydrogen-bond acceptors (Lipinski definition) is 3. The number of aliphatic hydroxyl groups excluding tert-OH is 1. The van der Waals surface area contributed by atoms with Gasteiger partial charge in [-0.25, -0.2) is 8.42 Å². The highest BCUT2D eigenvalue weighted by Crippen LogP contribution is 2.20. The van der Waals surface area contributed by atoms with E-state index in [1.165, 1.54) is 12.1 Å². The van der Waals surface area contributed by atoms with Crippen LogP contribution in [0.5, 0.6) is 0 Å². The lowest BCUT2D eigenvalue weighted by Gasteiger charge is -2.09.